The Morgan fingerprint density at radius 2 is 1.56 bits per heavy atom. The summed E-state index contributed by atoms with van der Waals surface area (Å²) in [6, 6.07) is 26.2. The molecule has 0 aliphatic carbocycles. The van der Waals surface area contributed by atoms with E-state index in [0.29, 0.717) is 5.56 Å². The molecule has 1 heterocycles. The fourth-order valence-electron chi connectivity index (χ4n) is 3.11. The molecule has 1 atom stereocenters. The van der Waals surface area contributed by atoms with Crippen molar-refractivity contribution in [2.24, 2.45) is 0 Å². The van der Waals surface area contributed by atoms with Gasteiger partial charge in [-0.1, -0.05) is 0 Å². The maximum absolute atomic E-state index is 12.5. The Bertz CT molecular complexity index is 909. The molecule has 25 heavy (non-hydrogen) atoms. The number of halogens is 1. The first kappa shape index (κ1) is 16.6. The second-order valence-electron chi connectivity index (χ2n) is 5.87. The average Bonchev–Trinajstić information content (AvgIpc) is 2.95. The molecule has 0 radical (unpaired) electrons. The fourth-order valence-corrected chi connectivity index (χ4v) is 5.68. The Morgan fingerprint density at radius 3 is 2.32 bits per heavy atom. The summed E-state index contributed by atoms with van der Waals surface area (Å²) in [5.41, 5.74) is 1.96. The number of benzene rings is 3. The summed E-state index contributed by atoms with van der Waals surface area (Å²) in [6.07, 6.45) is 0. The van der Waals surface area contributed by atoms with Gasteiger partial charge in [0.2, 0.25) is 0 Å². The van der Waals surface area contributed by atoms with E-state index in [9.17, 15) is 4.79 Å². The molecule has 0 saturated carbocycles. The van der Waals surface area contributed by atoms with Gasteiger partial charge in [-0.15, -0.1) is 0 Å². The topological polar surface area (TPSA) is 26.3 Å². The number of rotatable bonds is 4. The zero-order valence-electron chi connectivity index (χ0n) is 13.3. The molecule has 3 aromatic carbocycles. The summed E-state index contributed by atoms with van der Waals surface area (Å²) in [5, 5.41) is 0.772. The van der Waals surface area contributed by atoms with Gasteiger partial charge in [0, 0.05) is 0 Å². The molecule has 0 spiro atoms. The Hall–Kier alpha value is -1.87. The van der Waals surface area contributed by atoms with Crippen LogP contribution in [0.1, 0.15) is 21.5 Å². The summed E-state index contributed by atoms with van der Waals surface area (Å²) in [5.74, 6) is -0.234. The quantitative estimate of drug-likeness (QED) is 0.431. The van der Waals surface area contributed by atoms with Crippen LogP contribution in [0.15, 0.2) is 83.3 Å². The molecule has 1 aliphatic heterocycles. The van der Waals surface area contributed by atoms with Crippen LogP contribution in [0, 0.1) is 0 Å². The van der Waals surface area contributed by atoms with Crippen LogP contribution >= 0.6 is 15.9 Å². The van der Waals surface area contributed by atoms with Crippen molar-refractivity contribution in [3.63, 3.8) is 0 Å². The van der Waals surface area contributed by atoms with E-state index in [0.717, 1.165) is 20.9 Å². The first-order chi connectivity index (χ1) is 12.2. The molecule has 0 aromatic heterocycles. The van der Waals surface area contributed by atoms with E-state index < -0.39 is 5.60 Å². The normalized spacial score (nSPS) is 18.7. The Labute approximate surface area is 161 Å². The van der Waals surface area contributed by atoms with Crippen LogP contribution in [0.5, 0.6) is 0 Å². The van der Waals surface area contributed by atoms with Crippen molar-refractivity contribution < 1.29 is 9.53 Å². The Kier molecular flexibility index (Phi) is 4.51. The van der Waals surface area contributed by atoms with E-state index in [2.05, 4.69) is 40.2 Å². The maximum atomic E-state index is 12.5. The van der Waals surface area contributed by atoms with E-state index in [1.54, 1.807) is 0 Å². The zero-order chi connectivity index (χ0) is 17.3. The Morgan fingerprint density at radius 1 is 0.880 bits per heavy atom. The summed E-state index contributed by atoms with van der Waals surface area (Å²) >= 11 is 3.67. The van der Waals surface area contributed by atoms with Gasteiger partial charge in [0.1, 0.15) is 0 Å². The van der Waals surface area contributed by atoms with Crippen molar-refractivity contribution in [1.82, 2.24) is 0 Å². The summed E-state index contributed by atoms with van der Waals surface area (Å²) in [4.78, 5) is 12.5. The van der Waals surface area contributed by atoms with Crippen LogP contribution in [-0.4, -0.2) is 20.9 Å². The van der Waals surface area contributed by atoms with Crippen molar-refractivity contribution in [2.75, 3.05) is 0 Å². The first-order valence-corrected chi connectivity index (χ1v) is 10.8. The molecule has 0 saturated heterocycles. The van der Waals surface area contributed by atoms with Gasteiger partial charge < -0.3 is 0 Å². The number of ether oxygens (including phenoxy) is 1. The van der Waals surface area contributed by atoms with Gasteiger partial charge in [-0.05, 0) is 0 Å². The molecule has 0 fully saturated rings. The van der Waals surface area contributed by atoms with Crippen LogP contribution in [0.4, 0.5) is 0 Å². The standard InChI is InChI=1S/C21H15BrO2Se/c22-16-12-10-15(11-13-16)21(14-25-17-6-2-1-3-7-17)19-9-5-4-8-18(19)20(23)24-21/h1-13H,14H2. The average molecular weight is 458 g/mol. The molecule has 2 nitrogen and oxygen atoms in total. The van der Waals surface area contributed by atoms with Crippen LogP contribution in [0.2, 0.25) is 5.32 Å². The second kappa shape index (κ2) is 6.80. The second-order valence-corrected chi connectivity index (χ2v) is 8.99. The molecule has 1 unspecified atom stereocenters. The van der Waals surface area contributed by atoms with E-state index in [1.807, 2.05) is 54.6 Å². The Balaban J connectivity index is 1.79. The number of carbonyl (C=O) groups is 1. The molecule has 3 aromatic rings. The molecule has 0 amide bonds. The van der Waals surface area contributed by atoms with Gasteiger partial charge in [0.15, 0.2) is 0 Å². The number of fused-ring (bicyclic) bond motifs is 1. The number of hydrogen-bond acceptors (Lipinski definition) is 2. The van der Waals surface area contributed by atoms with Crippen LogP contribution < -0.4 is 4.46 Å². The number of hydrogen-bond donors (Lipinski definition) is 0. The third-order valence-corrected chi connectivity index (χ3v) is 7.30. The summed E-state index contributed by atoms with van der Waals surface area (Å²) in [7, 11) is 0. The third kappa shape index (κ3) is 3.06. The molecule has 0 N–H and O–H groups in total. The van der Waals surface area contributed by atoms with E-state index >= 15 is 0 Å². The zero-order valence-corrected chi connectivity index (χ0v) is 16.6. The summed E-state index contributed by atoms with van der Waals surface area (Å²) < 4.78 is 8.34. The van der Waals surface area contributed by atoms with Gasteiger partial charge in [-0.3, -0.25) is 0 Å². The predicted molar refractivity (Wildman–Crippen MR) is 103 cm³/mol. The number of cyclic esters (lactones) is 1. The SMILES string of the molecule is O=C1OC(C[Se]c2ccccc2)(c2ccc(Br)cc2)c2ccccc21. The number of carbonyl (C=O) groups excluding carboxylic acids is 1. The van der Waals surface area contributed by atoms with Crippen LogP contribution in [0.25, 0.3) is 0 Å². The fraction of sp³-hybridized carbons (Fsp3) is 0.0952. The predicted octanol–water partition coefficient (Wildman–Crippen LogP) is 4.31. The third-order valence-electron chi connectivity index (χ3n) is 4.34. The van der Waals surface area contributed by atoms with Crippen LogP contribution in [0.3, 0.4) is 0 Å². The van der Waals surface area contributed by atoms with Gasteiger partial charge >= 0.3 is 162 Å². The van der Waals surface area contributed by atoms with Crippen molar-refractivity contribution in [3.05, 3.63) is 100 Å². The number of esters is 1. The van der Waals surface area contributed by atoms with Gasteiger partial charge in [0.05, 0.1) is 0 Å². The van der Waals surface area contributed by atoms with Gasteiger partial charge in [-0.2, -0.15) is 0 Å². The monoisotopic (exact) mass is 458 g/mol. The van der Waals surface area contributed by atoms with Crippen LogP contribution in [-0.2, 0) is 10.3 Å². The van der Waals surface area contributed by atoms with Gasteiger partial charge in [0.25, 0.3) is 0 Å². The van der Waals surface area contributed by atoms with E-state index in [1.165, 1.54) is 4.46 Å². The van der Waals surface area contributed by atoms with Crippen molar-refractivity contribution in [1.29, 1.82) is 0 Å². The molecule has 0 bridgehead atoms. The minimum absolute atomic E-state index is 0.187. The minimum atomic E-state index is -0.704. The molecule has 4 rings (SSSR count). The summed E-state index contributed by atoms with van der Waals surface area (Å²) in [6.45, 7) is 0. The molecule has 4 heteroatoms. The van der Waals surface area contributed by atoms with Crippen molar-refractivity contribution in [3.8, 4) is 0 Å². The van der Waals surface area contributed by atoms with Gasteiger partial charge in [-0.25, -0.2) is 0 Å². The molecule has 124 valence electrons. The van der Waals surface area contributed by atoms with E-state index in [-0.39, 0.29) is 20.9 Å². The van der Waals surface area contributed by atoms with E-state index in [4.69, 9.17) is 4.74 Å². The van der Waals surface area contributed by atoms with Crippen molar-refractivity contribution in [2.45, 2.75) is 10.9 Å². The van der Waals surface area contributed by atoms with Crippen molar-refractivity contribution >= 4 is 41.3 Å². The molecular weight excluding hydrogens is 443 g/mol. The molecular formula is C21H15BrO2Se. The first-order valence-electron chi connectivity index (χ1n) is 7.96. The molecule has 1 aliphatic rings.